The average molecular weight is 457 g/mol. The van der Waals surface area contributed by atoms with E-state index in [1.165, 1.54) is 31.3 Å². The van der Waals surface area contributed by atoms with Crippen molar-refractivity contribution in [2.75, 3.05) is 25.7 Å². The number of rotatable bonds is 4. The quantitative estimate of drug-likeness (QED) is 0.543. The van der Waals surface area contributed by atoms with Crippen molar-refractivity contribution >= 4 is 30.3 Å². The third-order valence-electron chi connectivity index (χ3n) is 5.65. The van der Waals surface area contributed by atoms with Crippen molar-refractivity contribution < 1.29 is 28.9 Å². The van der Waals surface area contributed by atoms with Crippen molar-refractivity contribution in [2.45, 2.75) is 30.2 Å². The third kappa shape index (κ3) is 3.89. The highest BCUT2D eigenvalue weighted by Crippen LogP contribution is 2.41. The SMILES string of the molecule is C=C1C[C@H]2C(O)N(C(=O)OCc3ccc(S)cc3)c3cc(OC)c(OC)cc3C(=O)N2C1. The lowest BCUT2D eigenvalue weighted by Crippen LogP contribution is -2.50. The smallest absolute Gasteiger partial charge is 0.416 e. The Hall–Kier alpha value is -3.17. The first-order valence-electron chi connectivity index (χ1n) is 9.99. The summed E-state index contributed by atoms with van der Waals surface area (Å²) in [4.78, 5) is 30.0. The number of amides is 2. The molecule has 0 spiro atoms. The minimum atomic E-state index is -1.33. The number of aliphatic hydroxyl groups excluding tert-OH is 1. The second kappa shape index (κ2) is 8.76. The second-order valence-corrected chi connectivity index (χ2v) is 8.20. The van der Waals surface area contributed by atoms with Crippen molar-refractivity contribution in [3.8, 4) is 11.5 Å². The molecule has 1 fully saturated rings. The summed E-state index contributed by atoms with van der Waals surface area (Å²) in [6.45, 7) is 4.25. The molecule has 0 aliphatic carbocycles. The Kier molecular flexibility index (Phi) is 6.03. The summed E-state index contributed by atoms with van der Waals surface area (Å²) in [6, 6.07) is 9.54. The van der Waals surface area contributed by atoms with E-state index < -0.39 is 18.4 Å². The van der Waals surface area contributed by atoms with E-state index in [1.54, 1.807) is 24.3 Å². The van der Waals surface area contributed by atoms with Crippen LogP contribution in [0.25, 0.3) is 0 Å². The molecule has 32 heavy (non-hydrogen) atoms. The van der Waals surface area contributed by atoms with Crippen LogP contribution in [-0.4, -0.2) is 55.0 Å². The molecular weight excluding hydrogens is 432 g/mol. The van der Waals surface area contributed by atoms with Crippen molar-refractivity contribution in [1.29, 1.82) is 0 Å². The van der Waals surface area contributed by atoms with E-state index in [0.29, 0.717) is 24.5 Å². The second-order valence-electron chi connectivity index (χ2n) is 7.68. The molecule has 8 nitrogen and oxygen atoms in total. The van der Waals surface area contributed by atoms with Crippen LogP contribution in [0.5, 0.6) is 11.5 Å². The molecule has 0 saturated carbocycles. The van der Waals surface area contributed by atoms with Gasteiger partial charge in [0, 0.05) is 17.5 Å². The van der Waals surface area contributed by atoms with E-state index >= 15 is 0 Å². The fourth-order valence-corrected chi connectivity index (χ4v) is 4.19. The van der Waals surface area contributed by atoms with Gasteiger partial charge in [0.1, 0.15) is 6.61 Å². The van der Waals surface area contributed by atoms with Crippen LogP contribution in [0.15, 0.2) is 53.4 Å². The van der Waals surface area contributed by atoms with Gasteiger partial charge in [-0.2, -0.15) is 0 Å². The molecule has 1 saturated heterocycles. The van der Waals surface area contributed by atoms with Gasteiger partial charge >= 0.3 is 6.09 Å². The molecule has 0 radical (unpaired) electrons. The van der Waals surface area contributed by atoms with Gasteiger partial charge in [-0.15, -0.1) is 12.6 Å². The van der Waals surface area contributed by atoms with Gasteiger partial charge in [0.25, 0.3) is 5.91 Å². The maximum Gasteiger partial charge on any atom is 0.416 e. The first-order valence-corrected chi connectivity index (χ1v) is 10.4. The predicted molar refractivity (Wildman–Crippen MR) is 120 cm³/mol. The number of carbonyl (C=O) groups excluding carboxylic acids is 2. The Morgan fingerprint density at radius 1 is 1.19 bits per heavy atom. The zero-order chi connectivity index (χ0) is 23.0. The average Bonchev–Trinajstić information content (AvgIpc) is 3.16. The zero-order valence-electron chi connectivity index (χ0n) is 17.8. The van der Waals surface area contributed by atoms with Crippen molar-refractivity contribution in [2.24, 2.45) is 0 Å². The summed E-state index contributed by atoms with van der Waals surface area (Å²) in [5.41, 5.74) is 1.96. The van der Waals surface area contributed by atoms with Crippen LogP contribution in [0.4, 0.5) is 10.5 Å². The number of hydrogen-bond acceptors (Lipinski definition) is 7. The lowest BCUT2D eigenvalue weighted by atomic mass is 10.1. The highest BCUT2D eigenvalue weighted by molar-refractivity contribution is 7.80. The number of fused-ring (bicyclic) bond motifs is 2. The monoisotopic (exact) mass is 456 g/mol. The van der Waals surface area contributed by atoms with Gasteiger partial charge in [-0.25, -0.2) is 9.69 Å². The molecule has 2 aliphatic heterocycles. The number of ether oxygens (including phenoxy) is 3. The summed E-state index contributed by atoms with van der Waals surface area (Å²) < 4.78 is 16.2. The van der Waals surface area contributed by atoms with Crippen molar-refractivity contribution in [3.05, 3.63) is 59.7 Å². The fourth-order valence-electron chi connectivity index (χ4n) is 4.04. The van der Waals surface area contributed by atoms with Crippen LogP contribution < -0.4 is 14.4 Å². The Morgan fingerprint density at radius 2 is 1.84 bits per heavy atom. The normalized spacial score (nSPS) is 19.9. The molecule has 0 bridgehead atoms. The molecule has 9 heteroatoms. The Labute approximate surface area is 191 Å². The van der Waals surface area contributed by atoms with Gasteiger partial charge in [0.15, 0.2) is 17.7 Å². The number of benzene rings is 2. The molecule has 2 aromatic rings. The van der Waals surface area contributed by atoms with Gasteiger partial charge in [-0.05, 0) is 30.2 Å². The minimum absolute atomic E-state index is 0.00618. The van der Waals surface area contributed by atoms with Crippen LogP contribution >= 0.6 is 12.6 Å². The van der Waals surface area contributed by atoms with E-state index in [4.69, 9.17) is 14.2 Å². The number of methoxy groups -OCH3 is 2. The van der Waals surface area contributed by atoms with Gasteiger partial charge in [0.05, 0.1) is 31.5 Å². The molecule has 2 heterocycles. The molecule has 4 rings (SSSR count). The van der Waals surface area contributed by atoms with Crippen LogP contribution in [0.3, 0.4) is 0 Å². The minimum Gasteiger partial charge on any atom is -0.493 e. The first-order chi connectivity index (χ1) is 15.3. The molecule has 1 N–H and O–H groups in total. The van der Waals surface area contributed by atoms with E-state index in [0.717, 1.165) is 20.9 Å². The fraction of sp³-hybridized carbons (Fsp3) is 0.304. The van der Waals surface area contributed by atoms with Gasteiger partial charge in [-0.1, -0.05) is 24.3 Å². The molecule has 2 atom stereocenters. The number of carbonyl (C=O) groups is 2. The Balaban J connectivity index is 1.74. The lowest BCUT2D eigenvalue weighted by molar-refractivity contribution is 0.0485. The van der Waals surface area contributed by atoms with Crippen molar-refractivity contribution in [3.63, 3.8) is 0 Å². The van der Waals surface area contributed by atoms with Crippen LogP contribution in [0.1, 0.15) is 22.3 Å². The van der Waals surface area contributed by atoms with E-state index in [1.807, 2.05) is 0 Å². The van der Waals surface area contributed by atoms with Gasteiger partial charge < -0.3 is 24.2 Å². The standard InChI is InChI=1S/C23H24N2O6S/c1-13-8-18-22(27)25(23(28)31-12-14-4-6-15(32)7-5-14)17-10-20(30-3)19(29-2)9-16(17)21(26)24(18)11-13/h4-7,9-10,18,22,27,32H,1,8,11-12H2,2-3H3/t18-,22?/m0/s1. The maximum absolute atomic E-state index is 13.3. The summed E-state index contributed by atoms with van der Waals surface area (Å²) in [5.74, 6) is 0.328. The van der Waals surface area contributed by atoms with Crippen LogP contribution in [0.2, 0.25) is 0 Å². The summed E-state index contributed by atoms with van der Waals surface area (Å²) in [5, 5.41) is 11.2. The highest BCUT2D eigenvalue weighted by Gasteiger charge is 2.46. The molecule has 1 unspecified atom stereocenters. The predicted octanol–water partition coefficient (Wildman–Crippen LogP) is 3.24. The van der Waals surface area contributed by atoms with E-state index in [-0.39, 0.29) is 23.8 Å². The van der Waals surface area contributed by atoms with Gasteiger partial charge in [0.2, 0.25) is 0 Å². The molecular formula is C23H24N2O6S. The van der Waals surface area contributed by atoms with Gasteiger partial charge in [-0.3, -0.25) is 4.79 Å². The van der Waals surface area contributed by atoms with Crippen LogP contribution in [0, 0.1) is 0 Å². The molecule has 2 aliphatic rings. The van der Waals surface area contributed by atoms with Crippen molar-refractivity contribution in [1.82, 2.24) is 4.90 Å². The maximum atomic E-state index is 13.3. The summed E-state index contributed by atoms with van der Waals surface area (Å²) in [6.07, 6.45) is -1.74. The molecule has 2 amide bonds. The first kappa shape index (κ1) is 22.0. The molecule has 2 aromatic carbocycles. The lowest BCUT2D eigenvalue weighted by Gasteiger charge is -2.31. The molecule has 0 aromatic heterocycles. The van der Waals surface area contributed by atoms with E-state index in [2.05, 4.69) is 19.2 Å². The third-order valence-corrected chi connectivity index (χ3v) is 5.95. The Bertz CT molecular complexity index is 1070. The molecule has 168 valence electrons. The topological polar surface area (TPSA) is 88.5 Å². The van der Waals surface area contributed by atoms with E-state index in [9.17, 15) is 14.7 Å². The number of nitrogens with zero attached hydrogens (tertiary/aromatic N) is 2. The largest absolute Gasteiger partial charge is 0.493 e. The number of aliphatic hydroxyl groups is 1. The van der Waals surface area contributed by atoms with Crippen LogP contribution in [-0.2, 0) is 11.3 Å². The number of hydrogen-bond donors (Lipinski definition) is 2. The summed E-state index contributed by atoms with van der Waals surface area (Å²) >= 11 is 4.25. The summed E-state index contributed by atoms with van der Waals surface area (Å²) in [7, 11) is 2.91. The number of thiol groups is 1. The Morgan fingerprint density at radius 3 is 2.50 bits per heavy atom. The zero-order valence-corrected chi connectivity index (χ0v) is 18.7. The highest BCUT2D eigenvalue weighted by atomic mass is 32.1. The number of anilines is 1.